The van der Waals surface area contributed by atoms with Crippen LogP contribution in [-0.4, -0.2) is 18.2 Å². The van der Waals surface area contributed by atoms with Gasteiger partial charge in [0.25, 0.3) is 5.91 Å². The monoisotopic (exact) mass is 337 g/mol. The molecule has 4 rings (SSSR count). The molecular weight excluding hydrogens is 314 g/mol. The molecule has 1 aromatic heterocycles. The second-order valence-corrected chi connectivity index (χ2v) is 7.98. The van der Waals surface area contributed by atoms with Gasteiger partial charge in [0.05, 0.1) is 5.56 Å². The number of nitrogens with zero attached hydrogens (tertiary/aromatic N) is 1. The van der Waals surface area contributed by atoms with Crippen LogP contribution in [0.15, 0.2) is 28.7 Å². The molecule has 0 saturated heterocycles. The minimum absolute atomic E-state index is 0.0885. The number of para-hydroxylation sites is 1. The Morgan fingerprint density at radius 1 is 1.20 bits per heavy atom. The predicted octanol–water partition coefficient (Wildman–Crippen LogP) is 4.34. The summed E-state index contributed by atoms with van der Waals surface area (Å²) in [6.07, 6.45) is 3.12. The Kier molecular flexibility index (Phi) is 3.60. The van der Waals surface area contributed by atoms with Crippen molar-refractivity contribution in [1.82, 2.24) is 0 Å². The summed E-state index contributed by atoms with van der Waals surface area (Å²) in [5.41, 5.74) is 3.36. The molecule has 2 aliphatic rings. The summed E-state index contributed by atoms with van der Waals surface area (Å²) in [7, 11) is 0. The summed E-state index contributed by atoms with van der Waals surface area (Å²) >= 11 is 0. The van der Waals surface area contributed by atoms with Gasteiger partial charge in [-0.15, -0.1) is 0 Å². The molecular formula is C21H23NO3. The molecule has 2 heterocycles. The first-order valence-corrected chi connectivity index (χ1v) is 8.93. The third-order valence-corrected chi connectivity index (χ3v) is 5.33. The highest BCUT2D eigenvalue weighted by Gasteiger charge is 2.38. The molecule has 0 fully saturated rings. The van der Waals surface area contributed by atoms with Gasteiger partial charge in [-0.1, -0.05) is 32.0 Å². The highest BCUT2D eigenvalue weighted by atomic mass is 16.4. The first-order valence-electron chi connectivity index (χ1n) is 8.93. The van der Waals surface area contributed by atoms with Gasteiger partial charge in [0.2, 0.25) is 0 Å². The summed E-state index contributed by atoms with van der Waals surface area (Å²) in [5, 5.41) is 0. The van der Waals surface area contributed by atoms with Crippen LogP contribution in [0.4, 0.5) is 5.69 Å². The Hall–Kier alpha value is -2.36. The minimum Gasteiger partial charge on any atom is -0.455 e. The van der Waals surface area contributed by atoms with Crippen molar-refractivity contribution in [2.75, 3.05) is 11.4 Å². The number of ketones is 1. The number of furan rings is 1. The van der Waals surface area contributed by atoms with E-state index in [1.807, 2.05) is 25.1 Å². The van der Waals surface area contributed by atoms with Crippen LogP contribution >= 0.6 is 0 Å². The normalized spacial score (nSPS) is 18.7. The lowest BCUT2D eigenvalue weighted by Gasteiger charge is -2.28. The number of aryl methyl sites for hydroxylation is 1. The third-order valence-electron chi connectivity index (χ3n) is 5.33. The van der Waals surface area contributed by atoms with Gasteiger partial charge in [0, 0.05) is 30.6 Å². The molecule has 1 aliphatic carbocycles. The molecule has 0 saturated carbocycles. The minimum atomic E-state index is -0.135. The number of benzene rings is 1. The number of hydrogen-bond acceptors (Lipinski definition) is 3. The molecule has 130 valence electrons. The van der Waals surface area contributed by atoms with Gasteiger partial charge in [-0.05, 0) is 36.8 Å². The average molecular weight is 337 g/mol. The summed E-state index contributed by atoms with van der Waals surface area (Å²) in [5.74, 6) is 0.954. The molecule has 25 heavy (non-hydrogen) atoms. The zero-order valence-electron chi connectivity index (χ0n) is 15.0. The Morgan fingerprint density at radius 3 is 2.76 bits per heavy atom. The third kappa shape index (κ3) is 2.60. The summed E-state index contributed by atoms with van der Waals surface area (Å²) in [6, 6.07) is 8.01. The largest absolute Gasteiger partial charge is 0.455 e. The number of amides is 1. The van der Waals surface area contributed by atoms with Crippen molar-refractivity contribution >= 4 is 17.4 Å². The van der Waals surface area contributed by atoms with Gasteiger partial charge in [-0.2, -0.15) is 0 Å². The number of carbonyl (C=O) groups is 2. The molecule has 1 aromatic carbocycles. The van der Waals surface area contributed by atoms with E-state index in [1.165, 1.54) is 5.56 Å². The fourth-order valence-electron chi connectivity index (χ4n) is 4.15. The first-order chi connectivity index (χ1) is 11.9. The summed E-state index contributed by atoms with van der Waals surface area (Å²) in [6.45, 7) is 6.64. The van der Waals surface area contributed by atoms with Crippen LogP contribution in [0.3, 0.4) is 0 Å². The second-order valence-electron chi connectivity index (χ2n) is 7.98. The van der Waals surface area contributed by atoms with Gasteiger partial charge in [-0.25, -0.2) is 0 Å². The van der Waals surface area contributed by atoms with E-state index in [0.717, 1.165) is 18.5 Å². The van der Waals surface area contributed by atoms with E-state index in [4.69, 9.17) is 4.42 Å². The number of Topliss-reactive ketones (excluding diaryl/α,β-unsaturated/α-hetero) is 1. The molecule has 1 amide bonds. The second kappa shape index (κ2) is 5.58. The maximum atomic E-state index is 13.2. The molecule has 0 bridgehead atoms. The van der Waals surface area contributed by atoms with Gasteiger partial charge in [0.1, 0.15) is 5.76 Å². The van der Waals surface area contributed by atoms with Gasteiger partial charge >= 0.3 is 0 Å². The molecule has 2 aromatic rings. The zero-order chi connectivity index (χ0) is 17.8. The summed E-state index contributed by atoms with van der Waals surface area (Å²) < 4.78 is 5.96. The maximum absolute atomic E-state index is 13.2. The maximum Gasteiger partial charge on any atom is 0.294 e. The van der Waals surface area contributed by atoms with Crippen molar-refractivity contribution in [3.63, 3.8) is 0 Å². The van der Waals surface area contributed by atoms with Crippen LogP contribution in [0.25, 0.3) is 0 Å². The standard InChI is InChI=1S/C21H23NO3/c1-13-18-16(23)11-21(2,3)12-17(18)25-19(13)20(24)22-10-6-8-14-7-4-5-9-15(14)22/h4-5,7,9H,6,8,10-12H2,1-3H3. The zero-order valence-corrected chi connectivity index (χ0v) is 15.0. The Morgan fingerprint density at radius 2 is 1.96 bits per heavy atom. The summed E-state index contributed by atoms with van der Waals surface area (Å²) in [4.78, 5) is 27.5. The van der Waals surface area contributed by atoms with Crippen molar-refractivity contribution in [1.29, 1.82) is 0 Å². The molecule has 4 heteroatoms. The molecule has 4 nitrogen and oxygen atoms in total. The highest BCUT2D eigenvalue weighted by Crippen LogP contribution is 2.39. The van der Waals surface area contributed by atoms with Gasteiger partial charge in [0.15, 0.2) is 11.5 Å². The van der Waals surface area contributed by atoms with Crippen molar-refractivity contribution in [3.05, 3.63) is 52.5 Å². The number of hydrogen-bond donors (Lipinski definition) is 0. The lowest BCUT2D eigenvalue weighted by Crippen LogP contribution is -2.35. The lowest BCUT2D eigenvalue weighted by molar-refractivity contribution is 0.0895. The van der Waals surface area contributed by atoms with Crippen molar-refractivity contribution in [2.24, 2.45) is 5.41 Å². The van der Waals surface area contributed by atoms with Crippen LogP contribution in [-0.2, 0) is 12.8 Å². The molecule has 0 spiro atoms. The topological polar surface area (TPSA) is 50.5 Å². The SMILES string of the molecule is Cc1c(C(=O)N2CCCc3ccccc32)oc2c1C(=O)CC(C)(C)C2. The van der Waals surface area contributed by atoms with E-state index in [9.17, 15) is 9.59 Å². The fraction of sp³-hybridized carbons (Fsp3) is 0.429. The predicted molar refractivity (Wildman–Crippen MR) is 96.3 cm³/mol. The van der Waals surface area contributed by atoms with Crippen LogP contribution < -0.4 is 4.90 Å². The average Bonchev–Trinajstić information content (AvgIpc) is 2.89. The smallest absolute Gasteiger partial charge is 0.294 e. The Balaban J connectivity index is 1.75. The first kappa shape index (κ1) is 16.1. The van der Waals surface area contributed by atoms with Gasteiger partial charge < -0.3 is 9.32 Å². The van der Waals surface area contributed by atoms with Crippen LogP contribution in [0.5, 0.6) is 0 Å². The van der Waals surface area contributed by atoms with E-state index < -0.39 is 0 Å². The van der Waals surface area contributed by atoms with Crippen LogP contribution in [0.2, 0.25) is 0 Å². The van der Waals surface area contributed by atoms with Crippen molar-refractivity contribution in [3.8, 4) is 0 Å². The number of anilines is 1. The quantitative estimate of drug-likeness (QED) is 0.778. The van der Waals surface area contributed by atoms with E-state index in [1.54, 1.807) is 4.90 Å². The van der Waals surface area contributed by atoms with Gasteiger partial charge in [-0.3, -0.25) is 9.59 Å². The van der Waals surface area contributed by atoms with E-state index in [2.05, 4.69) is 19.9 Å². The number of carbonyl (C=O) groups excluding carboxylic acids is 2. The fourth-order valence-corrected chi connectivity index (χ4v) is 4.15. The lowest BCUT2D eigenvalue weighted by atomic mass is 9.76. The molecule has 0 atom stereocenters. The van der Waals surface area contributed by atoms with E-state index >= 15 is 0 Å². The molecule has 0 radical (unpaired) electrons. The van der Waals surface area contributed by atoms with Crippen molar-refractivity contribution in [2.45, 2.75) is 46.5 Å². The van der Waals surface area contributed by atoms with Crippen molar-refractivity contribution < 1.29 is 14.0 Å². The molecule has 0 unspecified atom stereocenters. The van der Waals surface area contributed by atoms with E-state index in [0.29, 0.717) is 42.0 Å². The van der Waals surface area contributed by atoms with Crippen LogP contribution in [0, 0.1) is 12.3 Å². The van der Waals surface area contributed by atoms with Crippen LogP contribution in [0.1, 0.15) is 64.5 Å². The Labute approximate surface area is 147 Å². The number of fused-ring (bicyclic) bond motifs is 2. The number of rotatable bonds is 1. The highest BCUT2D eigenvalue weighted by molar-refractivity contribution is 6.09. The Bertz CT molecular complexity index is 875. The molecule has 0 N–H and O–H groups in total. The van der Waals surface area contributed by atoms with E-state index in [-0.39, 0.29) is 17.1 Å². The molecule has 1 aliphatic heterocycles.